The van der Waals surface area contributed by atoms with Gasteiger partial charge in [0.05, 0.1) is 13.2 Å². The lowest BCUT2D eigenvalue weighted by atomic mass is 10.2. The second-order valence-corrected chi connectivity index (χ2v) is 4.52. The second-order valence-electron chi connectivity index (χ2n) is 4.52. The van der Waals surface area contributed by atoms with E-state index in [0.29, 0.717) is 6.61 Å². The molecule has 0 saturated carbocycles. The number of hydrogen-bond donors (Lipinski definition) is 0. The van der Waals surface area contributed by atoms with Crippen molar-refractivity contribution < 1.29 is 4.74 Å². The van der Waals surface area contributed by atoms with E-state index in [2.05, 4.69) is 48.6 Å². The topological polar surface area (TPSA) is 9.23 Å². The molecule has 0 heterocycles. The van der Waals surface area contributed by atoms with E-state index in [4.69, 9.17) is 4.74 Å². The van der Waals surface area contributed by atoms with Crippen molar-refractivity contribution in [1.29, 1.82) is 0 Å². The first-order valence-corrected chi connectivity index (χ1v) is 6.95. The zero-order valence-corrected chi connectivity index (χ0v) is 11.6. The fraction of sp³-hybridized carbons (Fsp3) is 0.158. The fourth-order valence-electron chi connectivity index (χ4n) is 1.82. The molecule has 2 rings (SSSR count). The average molecular weight is 264 g/mol. The second kappa shape index (κ2) is 8.89. The third-order valence-electron chi connectivity index (χ3n) is 2.88. The molecule has 1 nitrogen and oxygen atoms in total. The van der Waals surface area contributed by atoms with E-state index >= 15 is 0 Å². The van der Waals surface area contributed by atoms with E-state index < -0.39 is 0 Å². The van der Waals surface area contributed by atoms with E-state index in [1.165, 1.54) is 11.1 Å². The molecule has 0 fully saturated rings. The summed E-state index contributed by atoms with van der Waals surface area (Å²) >= 11 is 0. The highest BCUT2D eigenvalue weighted by Crippen LogP contribution is 2.02. The number of benzene rings is 2. The molecule has 0 bridgehead atoms. The molecule has 0 aliphatic carbocycles. The molecular weight excluding hydrogens is 244 g/mol. The van der Waals surface area contributed by atoms with Crippen LogP contribution in [0.1, 0.15) is 17.5 Å². The lowest BCUT2D eigenvalue weighted by Gasteiger charge is -2.01. The van der Waals surface area contributed by atoms with Crippen LogP contribution in [0.15, 0.2) is 78.9 Å². The van der Waals surface area contributed by atoms with E-state index in [0.717, 1.165) is 13.0 Å². The highest BCUT2D eigenvalue weighted by molar-refractivity contribution is 5.50. The Morgan fingerprint density at radius 3 is 2.25 bits per heavy atom. The van der Waals surface area contributed by atoms with Crippen molar-refractivity contribution in [1.82, 2.24) is 0 Å². The van der Waals surface area contributed by atoms with Gasteiger partial charge in [0.15, 0.2) is 0 Å². The molecule has 0 unspecified atom stereocenters. The number of ether oxygens (including phenoxy) is 1. The molecule has 0 N–H and O–H groups in total. The molecule has 102 valence electrons. The summed E-state index contributed by atoms with van der Waals surface area (Å²) in [5.41, 5.74) is 2.44. The average Bonchev–Trinajstić information content (AvgIpc) is 2.52. The van der Waals surface area contributed by atoms with Gasteiger partial charge in [0, 0.05) is 0 Å². The molecule has 2 aromatic rings. The van der Waals surface area contributed by atoms with Crippen molar-refractivity contribution in [3.05, 3.63) is 90.0 Å². The van der Waals surface area contributed by atoms with Crippen LogP contribution in [0.25, 0.3) is 6.08 Å². The standard InChI is InChI=1S/C19H20O/c1(5-11-18-12-6-3-7-13-18)2-10-16-20-17-19-14-8-4-9-15-19/h1-9,11-15H,10,16-17H2. The van der Waals surface area contributed by atoms with E-state index in [1.54, 1.807) is 0 Å². The molecule has 0 aromatic heterocycles. The molecule has 20 heavy (non-hydrogen) atoms. The van der Waals surface area contributed by atoms with Crippen molar-refractivity contribution in [3.8, 4) is 0 Å². The van der Waals surface area contributed by atoms with Gasteiger partial charge in [-0.3, -0.25) is 0 Å². The van der Waals surface area contributed by atoms with Crippen LogP contribution in [0, 0.1) is 0 Å². The minimum absolute atomic E-state index is 0.689. The van der Waals surface area contributed by atoms with Gasteiger partial charge in [0.25, 0.3) is 0 Å². The maximum Gasteiger partial charge on any atom is 0.0717 e. The third-order valence-corrected chi connectivity index (χ3v) is 2.88. The predicted molar refractivity (Wildman–Crippen MR) is 85.3 cm³/mol. The van der Waals surface area contributed by atoms with Gasteiger partial charge in [-0.15, -0.1) is 0 Å². The largest absolute Gasteiger partial charge is 0.376 e. The van der Waals surface area contributed by atoms with Crippen LogP contribution in [-0.2, 0) is 11.3 Å². The van der Waals surface area contributed by atoms with Gasteiger partial charge in [-0.25, -0.2) is 0 Å². The zero-order chi connectivity index (χ0) is 13.9. The van der Waals surface area contributed by atoms with Gasteiger partial charge in [-0.2, -0.15) is 0 Å². The predicted octanol–water partition coefficient (Wildman–Crippen LogP) is 4.86. The Morgan fingerprint density at radius 1 is 0.800 bits per heavy atom. The summed E-state index contributed by atoms with van der Waals surface area (Å²) in [5, 5.41) is 0. The maximum atomic E-state index is 5.61. The number of allylic oxidation sites excluding steroid dienone is 2. The summed E-state index contributed by atoms with van der Waals surface area (Å²) < 4.78 is 5.61. The Hall–Kier alpha value is -2.12. The Labute approximate surface area is 121 Å². The summed E-state index contributed by atoms with van der Waals surface area (Å²) in [6.45, 7) is 1.44. The molecule has 0 radical (unpaired) electrons. The lowest BCUT2D eigenvalue weighted by Crippen LogP contribution is -1.93. The molecule has 0 atom stereocenters. The highest BCUT2D eigenvalue weighted by Gasteiger charge is 1.89. The van der Waals surface area contributed by atoms with Gasteiger partial charge in [0.1, 0.15) is 0 Å². The normalized spacial score (nSPS) is 11.4. The monoisotopic (exact) mass is 264 g/mol. The smallest absolute Gasteiger partial charge is 0.0717 e. The fourth-order valence-corrected chi connectivity index (χ4v) is 1.82. The molecule has 0 aliphatic heterocycles. The summed E-state index contributed by atoms with van der Waals surface area (Å²) in [6, 6.07) is 20.5. The van der Waals surface area contributed by atoms with E-state index in [9.17, 15) is 0 Å². The summed E-state index contributed by atoms with van der Waals surface area (Å²) in [5.74, 6) is 0. The van der Waals surface area contributed by atoms with Gasteiger partial charge < -0.3 is 4.74 Å². The molecule has 0 spiro atoms. The summed E-state index contributed by atoms with van der Waals surface area (Å²) in [6.07, 6.45) is 9.29. The van der Waals surface area contributed by atoms with Crippen LogP contribution < -0.4 is 0 Å². The molecular formula is C19H20O. The minimum atomic E-state index is 0.689. The Bertz CT molecular complexity index is 526. The van der Waals surface area contributed by atoms with Crippen molar-refractivity contribution in [2.75, 3.05) is 6.61 Å². The van der Waals surface area contributed by atoms with Gasteiger partial charge in [-0.05, 0) is 17.5 Å². The van der Waals surface area contributed by atoms with Crippen LogP contribution in [0.2, 0.25) is 0 Å². The van der Waals surface area contributed by atoms with Crippen molar-refractivity contribution in [2.45, 2.75) is 13.0 Å². The molecule has 2 aromatic carbocycles. The van der Waals surface area contributed by atoms with Crippen molar-refractivity contribution in [3.63, 3.8) is 0 Å². The SMILES string of the molecule is C(C=Cc1ccccc1)=CCCOCc1ccccc1. The molecule has 0 amide bonds. The van der Waals surface area contributed by atoms with Gasteiger partial charge in [0.2, 0.25) is 0 Å². The Kier molecular flexibility index (Phi) is 6.35. The van der Waals surface area contributed by atoms with Gasteiger partial charge >= 0.3 is 0 Å². The highest BCUT2D eigenvalue weighted by atomic mass is 16.5. The van der Waals surface area contributed by atoms with E-state index in [1.807, 2.05) is 36.4 Å². The van der Waals surface area contributed by atoms with Crippen LogP contribution in [0.4, 0.5) is 0 Å². The van der Waals surface area contributed by atoms with Crippen LogP contribution in [0.5, 0.6) is 0 Å². The first-order valence-electron chi connectivity index (χ1n) is 6.95. The number of hydrogen-bond acceptors (Lipinski definition) is 1. The lowest BCUT2D eigenvalue weighted by molar-refractivity contribution is 0.125. The van der Waals surface area contributed by atoms with Crippen LogP contribution >= 0.6 is 0 Å². The summed E-state index contributed by atoms with van der Waals surface area (Å²) in [7, 11) is 0. The first-order chi connectivity index (χ1) is 9.95. The van der Waals surface area contributed by atoms with Crippen LogP contribution in [-0.4, -0.2) is 6.61 Å². The quantitative estimate of drug-likeness (QED) is 0.512. The summed E-state index contributed by atoms with van der Waals surface area (Å²) in [4.78, 5) is 0. The van der Waals surface area contributed by atoms with Crippen molar-refractivity contribution in [2.24, 2.45) is 0 Å². The Balaban J connectivity index is 1.59. The molecule has 1 heteroatoms. The zero-order valence-electron chi connectivity index (χ0n) is 11.6. The minimum Gasteiger partial charge on any atom is -0.376 e. The Morgan fingerprint density at radius 2 is 1.50 bits per heavy atom. The van der Waals surface area contributed by atoms with Gasteiger partial charge in [-0.1, -0.05) is 85.0 Å². The maximum absolute atomic E-state index is 5.61. The third kappa shape index (κ3) is 5.68. The number of rotatable bonds is 7. The van der Waals surface area contributed by atoms with Crippen molar-refractivity contribution >= 4 is 6.08 Å². The first kappa shape index (κ1) is 14.3. The molecule has 0 saturated heterocycles. The molecule has 0 aliphatic rings. The van der Waals surface area contributed by atoms with Crippen LogP contribution in [0.3, 0.4) is 0 Å². The van der Waals surface area contributed by atoms with E-state index in [-0.39, 0.29) is 0 Å².